The SMILES string of the molecule is Cc1nn(Cc2ccc(Cl)cc2)c(C)c1NC(=O)c1ccc(CN2CCCCC2)o1. The Morgan fingerprint density at radius 1 is 1.07 bits per heavy atom. The van der Waals surface area contributed by atoms with E-state index in [1.165, 1.54) is 19.3 Å². The molecule has 0 radical (unpaired) electrons. The number of amides is 1. The van der Waals surface area contributed by atoms with E-state index in [1.807, 2.05) is 48.9 Å². The number of nitrogens with zero attached hydrogens (tertiary/aromatic N) is 3. The molecule has 0 saturated carbocycles. The number of aromatic nitrogens is 2. The van der Waals surface area contributed by atoms with Gasteiger partial charge >= 0.3 is 0 Å². The minimum absolute atomic E-state index is 0.253. The fourth-order valence-electron chi connectivity index (χ4n) is 3.89. The van der Waals surface area contributed by atoms with Gasteiger partial charge in [-0.25, -0.2) is 0 Å². The standard InChI is InChI=1S/C23H27ClN4O2/c1-16-22(17(2)28(26-16)14-18-6-8-19(24)9-7-18)25-23(29)21-11-10-20(30-21)15-27-12-4-3-5-13-27/h6-11H,3-5,12-15H2,1-2H3,(H,25,29). The van der Waals surface area contributed by atoms with Crippen LogP contribution in [0.15, 0.2) is 40.8 Å². The van der Waals surface area contributed by atoms with Gasteiger partial charge in [-0.2, -0.15) is 5.10 Å². The van der Waals surface area contributed by atoms with Gasteiger partial charge in [-0.1, -0.05) is 30.2 Å². The molecule has 1 aliphatic rings. The average Bonchev–Trinajstić information content (AvgIpc) is 3.31. The molecule has 6 nitrogen and oxygen atoms in total. The molecule has 3 heterocycles. The van der Waals surface area contributed by atoms with Gasteiger partial charge in [0.1, 0.15) is 5.76 Å². The summed E-state index contributed by atoms with van der Waals surface area (Å²) in [7, 11) is 0. The number of carbonyl (C=O) groups excluding carboxylic acids is 1. The van der Waals surface area contributed by atoms with Gasteiger partial charge in [0, 0.05) is 5.02 Å². The number of furan rings is 1. The van der Waals surface area contributed by atoms with Crippen LogP contribution in [0.1, 0.15) is 52.5 Å². The first-order valence-corrected chi connectivity index (χ1v) is 10.8. The Morgan fingerprint density at radius 2 is 1.80 bits per heavy atom. The molecule has 1 saturated heterocycles. The quantitative estimate of drug-likeness (QED) is 0.600. The lowest BCUT2D eigenvalue weighted by Crippen LogP contribution is -2.28. The molecule has 0 aliphatic carbocycles. The lowest BCUT2D eigenvalue weighted by Gasteiger charge is -2.25. The van der Waals surface area contributed by atoms with Crippen molar-refractivity contribution in [1.29, 1.82) is 0 Å². The summed E-state index contributed by atoms with van der Waals surface area (Å²) in [5.41, 5.74) is 3.49. The predicted molar refractivity (Wildman–Crippen MR) is 118 cm³/mol. The maximum Gasteiger partial charge on any atom is 0.291 e. The molecule has 1 aromatic carbocycles. The van der Waals surface area contributed by atoms with Crippen molar-refractivity contribution < 1.29 is 9.21 Å². The summed E-state index contributed by atoms with van der Waals surface area (Å²) in [5.74, 6) is 0.900. The highest BCUT2D eigenvalue weighted by atomic mass is 35.5. The van der Waals surface area contributed by atoms with E-state index in [0.717, 1.165) is 48.0 Å². The molecule has 158 valence electrons. The highest BCUT2D eigenvalue weighted by molar-refractivity contribution is 6.30. The first-order valence-electron chi connectivity index (χ1n) is 10.4. The van der Waals surface area contributed by atoms with E-state index in [1.54, 1.807) is 6.07 Å². The van der Waals surface area contributed by atoms with E-state index in [-0.39, 0.29) is 5.91 Å². The average molecular weight is 427 g/mol. The van der Waals surface area contributed by atoms with E-state index in [0.29, 0.717) is 17.3 Å². The molecular weight excluding hydrogens is 400 g/mol. The topological polar surface area (TPSA) is 63.3 Å². The zero-order valence-electron chi connectivity index (χ0n) is 17.4. The van der Waals surface area contributed by atoms with E-state index in [4.69, 9.17) is 16.0 Å². The number of hydrogen-bond acceptors (Lipinski definition) is 4. The van der Waals surface area contributed by atoms with Gasteiger partial charge in [-0.3, -0.25) is 14.4 Å². The third-order valence-electron chi connectivity index (χ3n) is 5.58. The Labute approximate surface area is 181 Å². The second kappa shape index (κ2) is 9.06. The molecule has 30 heavy (non-hydrogen) atoms. The Bertz CT molecular complexity index is 1020. The second-order valence-corrected chi connectivity index (χ2v) is 8.32. The summed E-state index contributed by atoms with van der Waals surface area (Å²) >= 11 is 5.97. The van der Waals surface area contributed by atoms with Gasteiger partial charge in [0.25, 0.3) is 5.91 Å². The number of anilines is 1. The molecule has 0 atom stereocenters. The molecule has 1 fully saturated rings. The highest BCUT2D eigenvalue weighted by Crippen LogP contribution is 2.23. The van der Waals surface area contributed by atoms with Crippen LogP contribution in [0.25, 0.3) is 0 Å². The summed E-state index contributed by atoms with van der Waals surface area (Å²) in [6, 6.07) is 11.3. The monoisotopic (exact) mass is 426 g/mol. The Hall–Kier alpha value is -2.57. The number of aryl methyl sites for hydroxylation is 1. The molecule has 4 rings (SSSR count). The van der Waals surface area contributed by atoms with Gasteiger partial charge in [-0.15, -0.1) is 0 Å². The van der Waals surface area contributed by atoms with Crippen LogP contribution in [-0.4, -0.2) is 33.7 Å². The number of benzene rings is 1. The normalized spacial score (nSPS) is 14.8. The number of nitrogens with one attached hydrogen (secondary N) is 1. The Morgan fingerprint density at radius 3 is 2.53 bits per heavy atom. The van der Waals surface area contributed by atoms with Gasteiger partial charge < -0.3 is 9.73 Å². The van der Waals surface area contributed by atoms with Crippen LogP contribution < -0.4 is 5.32 Å². The van der Waals surface area contributed by atoms with E-state index >= 15 is 0 Å². The van der Waals surface area contributed by atoms with Crippen molar-refractivity contribution in [3.05, 3.63) is 69.9 Å². The molecule has 3 aromatic rings. The smallest absolute Gasteiger partial charge is 0.291 e. The van der Waals surface area contributed by atoms with E-state index in [9.17, 15) is 4.79 Å². The predicted octanol–water partition coefficient (Wildman–Crippen LogP) is 5.03. The zero-order chi connectivity index (χ0) is 21.1. The first-order chi connectivity index (χ1) is 14.5. The largest absolute Gasteiger partial charge is 0.455 e. The van der Waals surface area contributed by atoms with Crippen LogP contribution in [-0.2, 0) is 13.1 Å². The number of halogens is 1. The molecule has 1 aliphatic heterocycles. The van der Waals surface area contributed by atoms with Crippen molar-refractivity contribution in [3.8, 4) is 0 Å². The van der Waals surface area contributed by atoms with Gasteiger partial charge in [0.05, 0.1) is 30.2 Å². The van der Waals surface area contributed by atoms with Crippen molar-refractivity contribution in [1.82, 2.24) is 14.7 Å². The maximum absolute atomic E-state index is 12.8. The minimum Gasteiger partial charge on any atom is -0.455 e. The van der Waals surface area contributed by atoms with Gasteiger partial charge in [0.15, 0.2) is 5.76 Å². The van der Waals surface area contributed by atoms with Gasteiger partial charge in [-0.05, 0) is 69.6 Å². The zero-order valence-corrected chi connectivity index (χ0v) is 18.2. The molecule has 2 aromatic heterocycles. The summed E-state index contributed by atoms with van der Waals surface area (Å²) in [5, 5.41) is 8.27. The number of carbonyl (C=O) groups is 1. The highest BCUT2D eigenvalue weighted by Gasteiger charge is 2.19. The Balaban J connectivity index is 1.43. The van der Waals surface area contributed by atoms with Crippen LogP contribution >= 0.6 is 11.6 Å². The minimum atomic E-state index is -0.253. The summed E-state index contributed by atoms with van der Waals surface area (Å²) in [4.78, 5) is 15.1. The van der Waals surface area contributed by atoms with Crippen LogP contribution in [0.5, 0.6) is 0 Å². The van der Waals surface area contributed by atoms with Crippen molar-refractivity contribution in [2.75, 3.05) is 18.4 Å². The van der Waals surface area contributed by atoms with Crippen LogP contribution in [0.3, 0.4) is 0 Å². The molecular formula is C23H27ClN4O2. The van der Waals surface area contributed by atoms with Crippen molar-refractivity contribution in [2.45, 2.75) is 46.2 Å². The summed E-state index contributed by atoms with van der Waals surface area (Å²) < 4.78 is 7.71. The summed E-state index contributed by atoms with van der Waals surface area (Å²) in [6.07, 6.45) is 3.76. The molecule has 1 N–H and O–H groups in total. The van der Waals surface area contributed by atoms with Crippen LogP contribution in [0, 0.1) is 13.8 Å². The van der Waals surface area contributed by atoms with Crippen molar-refractivity contribution in [3.63, 3.8) is 0 Å². The fourth-order valence-corrected chi connectivity index (χ4v) is 4.02. The molecule has 0 bridgehead atoms. The van der Waals surface area contributed by atoms with E-state index in [2.05, 4.69) is 15.3 Å². The second-order valence-electron chi connectivity index (χ2n) is 7.89. The fraction of sp³-hybridized carbons (Fsp3) is 0.391. The van der Waals surface area contributed by atoms with Gasteiger partial charge in [0.2, 0.25) is 0 Å². The van der Waals surface area contributed by atoms with Crippen molar-refractivity contribution >= 4 is 23.2 Å². The van der Waals surface area contributed by atoms with E-state index < -0.39 is 0 Å². The summed E-state index contributed by atoms with van der Waals surface area (Å²) in [6.45, 7) is 7.39. The van der Waals surface area contributed by atoms with Crippen molar-refractivity contribution in [2.24, 2.45) is 0 Å². The molecule has 0 unspecified atom stereocenters. The number of likely N-dealkylation sites (tertiary alicyclic amines) is 1. The third kappa shape index (κ3) is 4.77. The van der Waals surface area contributed by atoms with Crippen LogP contribution in [0.4, 0.5) is 5.69 Å². The maximum atomic E-state index is 12.8. The Kier molecular flexibility index (Phi) is 6.25. The number of rotatable bonds is 6. The van der Waals surface area contributed by atoms with Crippen LogP contribution in [0.2, 0.25) is 5.02 Å². The first kappa shape index (κ1) is 20.7. The lowest BCUT2D eigenvalue weighted by molar-refractivity contribution is 0.0992. The molecule has 7 heteroatoms. The molecule has 1 amide bonds. The lowest BCUT2D eigenvalue weighted by atomic mass is 10.1. The third-order valence-corrected chi connectivity index (χ3v) is 5.83. The number of hydrogen-bond donors (Lipinski definition) is 1. The number of piperidine rings is 1. The molecule has 0 spiro atoms.